The zero-order valence-electron chi connectivity index (χ0n) is 9.03. The van der Waals surface area contributed by atoms with Gasteiger partial charge in [0.2, 0.25) is 0 Å². The normalized spacial score (nSPS) is 9.94. The Morgan fingerprint density at radius 2 is 2.06 bits per heavy atom. The summed E-state index contributed by atoms with van der Waals surface area (Å²) in [6, 6.07) is 4.87. The summed E-state index contributed by atoms with van der Waals surface area (Å²) in [5.41, 5.74) is 1.20. The number of likely N-dealkylation sites (N-methyl/N-ethyl adjacent to an activating group) is 1. The van der Waals surface area contributed by atoms with Crippen molar-refractivity contribution in [3.8, 4) is 0 Å². The monoisotopic (exact) mass is 241 g/mol. The van der Waals surface area contributed by atoms with Crippen LogP contribution in [0, 0.1) is 6.92 Å². The van der Waals surface area contributed by atoms with E-state index >= 15 is 0 Å². The fraction of sp³-hybridized carbons (Fsp3) is 0.273. The first kappa shape index (κ1) is 12.5. The fourth-order valence-corrected chi connectivity index (χ4v) is 1.57. The zero-order valence-corrected chi connectivity index (χ0v) is 9.78. The van der Waals surface area contributed by atoms with E-state index in [4.69, 9.17) is 16.7 Å². The molecule has 0 aliphatic heterocycles. The highest BCUT2D eigenvalue weighted by Crippen LogP contribution is 2.16. The molecule has 5 heteroatoms. The minimum absolute atomic E-state index is 0.319. The predicted octanol–water partition coefficient (Wildman–Crippen LogP) is 1.81. The number of benzene rings is 1. The van der Waals surface area contributed by atoms with Gasteiger partial charge in [-0.1, -0.05) is 11.6 Å². The van der Waals surface area contributed by atoms with E-state index in [2.05, 4.69) is 0 Å². The van der Waals surface area contributed by atoms with Crippen LogP contribution in [0.5, 0.6) is 0 Å². The summed E-state index contributed by atoms with van der Waals surface area (Å²) in [5.74, 6) is -1.36. The molecule has 1 aromatic rings. The van der Waals surface area contributed by atoms with E-state index in [0.29, 0.717) is 10.6 Å². The van der Waals surface area contributed by atoms with E-state index in [9.17, 15) is 9.59 Å². The molecule has 0 bridgehead atoms. The Bertz CT molecular complexity index is 431. The highest BCUT2D eigenvalue weighted by atomic mass is 35.5. The smallest absolute Gasteiger partial charge is 0.323 e. The predicted molar refractivity (Wildman–Crippen MR) is 60.8 cm³/mol. The van der Waals surface area contributed by atoms with Crippen molar-refractivity contribution >= 4 is 23.5 Å². The van der Waals surface area contributed by atoms with Crippen molar-refractivity contribution in [3.05, 3.63) is 34.3 Å². The molecule has 0 aliphatic rings. The van der Waals surface area contributed by atoms with Gasteiger partial charge in [-0.05, 0) is 30.7 Å². The van der Waals surface area contributed by atoms with Gasteiger partial charge >= 0.3 is 5.97 Å². The maximum Gasteiger partial charge on any atom is 0.323 e. The molecule has 0 fully saturated rings. The quantitative estimate of drug-likeness (QED) is 0.878. The van der Waals surface area contributed by atoms with E-state index in [0.717, 1.165) is 10.5 Å². The molecule has 0 spiro atoms. The summed E-state index contributed by atoms with van der Waals surface area (Å²) in [6.45, 7) is 1.44. The Morgan fingerprint density at radius 3 is 2.56 bits per heavy atom. The Labute approximate surface area is 98.4 Å². The molecule has 0 saturated heterocycles. The highest BCUT2D eigenvalue weighted by Gasteiger charge is 2.16. The summed E-state index contributed by atoms with van der Waals surface area (Å²) >= 11 is 5.77. The van der Waals surface area contributed by atoms with Crippen LogP contribution in [0.2, 0.25) is 5.02 Å². The fourth-order valence-electron chi connectivity index (χ4n) is 1.35. The van der Waals surface area contributed by atoms with Gasteiger partial charge in [0.1, 0.15) is 6.54 Å². The Morgan fingerprint density at radius 1 is 1.44 bits per heavy atom. The number of nitrogens with zero attached hydrogens (tertiary/aromatic N) is 1. The lowest BCUT2D eigenvalue weighted by Crippen LogP contribution is -2.32. The van der Waals surface area contributed by atoms with Gasteiger partial charge in [-0.15, -0.1) is 0 Å². The minimum Gasteiger partial charge on any atom is -0.480 e. The maximum atomic E-state index is 11.8. The van der Waals surface area contributed by atoms with Crippen LogP contribution in [-0.4, -0.2) is 35.5 Å². The van der Waals surface area contributed by atoms with Gasteiger partial charge in [-0.3, -0.25) is 9.59 Å². The van der Waals surface area contributed by atoms with Crippen molar-refractivity contribution in [3.63, 3.8) is 0 Å². The van der Waals surface area contributed by atoms with Crippen molar-refractivity contribution in [1.82, 2.24) is 4.90 Å². The Hall–Kier alpha value is -1.55. The standard InChI is InChI=1S/C11H12ClNO3/c1-7-5-8(12)3-4-9(7)11(16)13(2)6-10(14)15/h3-5H,6H2,1-2H3,(H,14,15). The van der Waals surface area contributed by atoms with E-state index in [1.165, 1.54) is 7.05 Å². The zero-order chi connectivity index (χ0) is 12.3. The van der Waals surface area contributed by atoms with Crippen molar-refractivity contribution < 1.29 is 14.7 Å². The molecule has 0 saturated carbocycles. The van der Waals surface area contributed by atoms with Crippen LogP contribution in [-0.2, 0) is 4.79 Å². The molecule has 0 aromatic heterocycles. The number of hydrogen-bond donors (Lipinski definition) is 1. The number of aryl methyl sites for hydroxylation is 1. The molecule has 0 atom stereocenters. The number of rotatable bonds is 3. The van der Waals surface area contributed by atoms with Crippen LogP contribution in [0.1, 0.15) is 15.9 Å². The van der Waals surface area contributed by atoms with Gasteiger partial charge in [-0.25, -0.2) is 0 Å². The SMILES string of the molecule is Cc1cc(Cl)ccc1C(=O)N(C)CC(=O)O. The van der Waals surface area contributed by atoms with Crippen molar-refractivity contribution in [2.24, 2.45) is 0 Å². The molecule has 86 valence electrons. The number of amides is 1. The number of aliphatic carboxylic acids is 1. The largest absolute Gasteiger partial charge is 0.480 e. The summed E-state index contributed by atoms with van der Waals surface area (Å²) in [6.07, 6.45) is 0. The molecule has 0 heterocycles. The van der Waals surface area contributed by atoms with Gasteiger partial charge in [0.15, 0.2) is 0 Å². The molecule has 4 nitrogen and oxygen atoms in total. The van der Waals surface area contributed by atoms with E-state index in [-0.39, 0.29) is 12.5 Å². The van der Waals surface area contributed by atoms with Crippen LogP contribution in [0.15, 0.2) is 18.2 Å². The van der Waals surface area contributed by atoms with Crippen molar-refractivity contribution in [1.29, 1.82) is 0 Å². The van der Waals surface area contributed by atoms with E-state index in [1.807, 2.05) is 0 Å². The van der Waals surface area contributed by atoms with E-state index < -0.39 is 5.97 Å². The molecule has 0 radical (unpaired) electrons. The minimum atomic E-state index is -1.04. The molecule has 1 rings (SSSR count). The molecule has 1 aromatic carbocycles. The van der Waals surface area contributed by atoms with Crippen LogP contribution < -0.4 is 0 Å². The average molecular weight is 242 g/mol. The summed E-state index contributed by atoms with van der Waals surface area (Å²) < 4.78 is 0. The molecular weight excluding hydrogens is 230 g/mol. The molecule has 16 heavy (non-hydrogen) atoms. The number of halogens is 1. The van der Waals surface area contributed by atoms with Crippen LogP contribution in [0.4, 0.5) is 0 Å². The third-order valence-corrected chi connectivity index (χ3v) is 2.37. The molecule has 0 aliphatic carbocycles. The third kappa shape index (κ3) is 2.97. The number of carboxylic acid groups (broad SMARTS) is 1. The van der Waals surface area contributed by atoms with Gasteiger partial charge in [0.05, 0.1) is 0 Å². The topological polar surface area (TPSA) is 57.6 Å². The Balaban J connectivity index is 2.92. The second-order valence-electron chi connectivity index (χ2n) is 3.51. The number of hydrogen-bond acceptors (Lipinski definition) is 2. The van der Waals surface area contributed by atoms with Crippen molar-refractivity contribution in [2.45, 2.75) is 6.92 Å². The Kier molecular flexibility index (Phi) is 3.90. The summed E-state index contributed by atoms with van der Waals surface area (Å²) in [5, 5.41) is 9.13. The average Bonchev–Trinajstić information content (AvgIpc) is 2.15. The second kappa shape index (κ2) is 4.99. The first-order valence-electron chi connectivity index (χ1n) is 4.65. The number of carbonyl (C=O) groups excluding carboxylic acids is 1. The van der Waals surface area contributed by atoms with Gasteiger partial charge in [0, 0.05) is 17.6 Å². The van der Waals surface area contributed by atoms with Crippen molar-refractivity contribution in [2.75, 3.05) is 13.6 Å². The molecule has 1 amide bonds. The van der Waals surface area contributed by atoms with E-state index in [1.54, 1.807) is 25.1 Å². The van der Waals surface area contributed by atoms with Crippen LogP contribution >= 0.6 is 11.6 Å². The van der Waals surface area contributed by atoms with Gasteiger partial charge < -0.3 is 10.0 Å². The lowest BCUT2D eigenvalue weighted by Gasteiger charge is -2.15. The molecule has 0 unspecified atom stereocenters. The third-order valence-electron chi connectivity index (χ3n) is 2.14. The summed E-state index contributed by atoms with van der Waals surface area (Å²) in [4.78, 5) is 23.5. The number of carboxylic acids is 1. The lowest BCUT2D eigenvalue weighted by molar-refractivity contribution is -0.137. The maximum absolute atomic E-state index is 11.8. The lowest BCUT2D eigenvalue weighted by atomic mass is 10.1. The molecule has 1 N–H and O–H groups in total. The first-order chi connectivity index (χ1) is 7.41. The highest BCUT2D eigenvalue weighted by molar-refractivity contribution is 6.30. The van der Waals surface area contributed by atoms with Crippen LogP contribution in [0.3, 0.4) is 0 Å². The molecular formula is C11H12ClNO3. The van der Waals surface area contributed by atoms with Gasteiger partial charge in [0.25, 0.3) is 5.91 Å². The first-order valence-corrected chi connectivity index (χ1v) is 5.03. The summed E-state index contributed by atoms with van der Waals surface area (Å²) in [7, 11) is 1.45. The van der Waals surface area contributed by atoms with Gasteiger partial charge in [-0.2, -0.15) is 0 Å². The number of carbonyl (C=O) groups is 2. The second-order valence-corrected chi connectivity index (χ2v) is 3.95. The van der Waals surface area contributed by atoms with Crippen LogP contribution in [0.25, 0.3) is 0 Å².